The zero-order valence-corrected chi connectivity index (χ0v) is 20.5. The monoisotopic (exact) mass is 505 g/mol. The quantitative estimate of drug-likeness (QED) is 0.282. The molecule has 3 heterocycles. The van der Waals surface area contributed by atoms with Gasteiger partial charge in [-0.15, -0.1) is 0 Å². The molecule has 2 aliphatic heterocycles. The maximum atomic E-state index is 13.4. The van der Waals surface area contributed by atoms with Crippen LogP contribution in [0.4, 0.5) is 0 Å². The van der Waals surface area contributed by atoms with Gasteiger partial charge in [0.05, 0.1) is 32.2 Å². The molecule has 0 bridgehead atoms. The molecule has 1 amide bonds. The molecule has 0 aliphatic carbocycles. The van der Waals surface area contributed by atoms with Gasteiger partial charge in [-0.2, -0.15) is 0 Å². The Bertz CT molecular complexity index is 1350. The van der Waals surface area contributed by atoms with E-state index in [1.165, 1.54) is 19.1 Å². The molecule has 0 spiro atoms. The first-order valence-corrected chi connectivity index (χ1v) is 11.9. The Kier molecular flexibility index (Phi) is 6.72. The Morgan fingerprint density at radius 3 is 2.62 bits per heavy atom. The van der Waals surface area contributed by atoms with Gasteiger partial charge in [0.1, 0.15) is 19.0 Å². The minimum absolute atomic E-state index is 0.0316. The van der Waals surface area contributed by atoms with Gasteiger partial charge in [-0.3, -0.25) is 9.59 Å². The summed E-state index contributed by atoms with van der Waals surface area (Å²) in [5.41, 5.74) is 0.839. The Balaban J connectivity index is 1.60. The predicted octanol–water partition coefficient (Wildman–Crippen LogP) is 3.18. The summed E-state index contributed by atoms with van der Waals surface area (Å²) >= 11 is 0. The Morgan fingerprint density at radius 1 is 1.08 bits per heavy atom. The van der Waals surface area contributed by atoms with Crippen molar-refractivity contribution in [2.24, 2.45) is 0 Å². The molecule has 0 radical (unpaired) electrons. The lowest BCUT2D eigenvalue weighted by atomic mass is 9.94. The van der Waals surface area contributed by atoms with E-state index in [9.17, 15) is 14.7 Å². The first-order chi connectivity index (χ1) is 18.0. The molecule has 192 valence electrons. The number of fused-ring (bicyclic) bond motifs is 1. The zero-order chi connectivity index (χ0) is 25.9. The molecule has 2 aliphatic rings. The fourth-order valence-corrected chi connectivity index (χ4v) is 4.75. The van der Waals surface area contributed by atoms with Crippen molar-refractivity contribution >= 4 is 17.4 Å². The third-order valence-corrected chi connectivity index (χ3v) is 6.46. The summed E-state index contributed by atoms with van der Waals surface area (Å²) in [5, 5.41) is 11.4. The van der Waals surface area contributed by atoms with Crippen LogP contribution in [0, 0.1) is 0 Å². The summed E-state index contributed by atoms with van der Waals surface area (Å²) in [6, 6.07) is 9.27. The van der Waals surface area contributed by atoms with E-state index in [1.807, 2.05) is 10.8 Å². The molecule has 1 N–H and O–H groups in total. The van der Waals surface area contributed by atoms with Gasteiger partial charge in [0.25, 0.3) is 11.7 Å². The minimum Gasteiger partial charge on any atom is -0.507 e. The number of benzene rings is 2. The number of nitrogens with zero attached hydrogens (tertiary/aromatic N) is 3. The highest BCUT2D eigenvalue weighted by Gasteiger charge is 2.47. The zero-order valence-electron chi connectivity index (χ0n) is 20.5. The lowest BCUT2D eigenvalue weighted by molar-refractivity contribution is -0.140. The number of Topliss-reactive ketones (excluding diaryl/α,β-unsaturated/α-hetero) is 1. The second kappa shape index (κ2) is 10.3. The van der Waals surface area contributed by atoms with Gasteiger partial charge in [0, 0.05) is 36.6 Å². The van der Waals surface area contributed by atoms with E-state index in [0.717, 1.165) is 0 Å². The van der Waals surface area contributed by atoms with Crippen LogP contribution >= 0.6 is 0 Å². The number of aromatic nitrogens is 2. The summed E-state index contributed by atoms with van der Waals surface area (Å²) in [7, 11) is 3.01. The SMILES string of the molecule is COc1cccc([C@H]2/C(=C(\O)c3ccc4c(c3)OCCO4)C(=O)C(=O)N2CCCn2ccnc2)c1OC. The number of imidazole rings is 1. The van der Waals surface area contributed by atoms with Crippen molar-refractivity contribution in [2.45, 2.75) is 19.0 Å². The van der Waals surface area contributed by atoms with E-state index in [0.29, 0.717) is 60.3 Å². The van der Waals surface area contributed by atoms with Crippen molar-refractivity contribution in [2.75, 3.05) is 34.0 Å². The molecule has 3 aromatic rings. The number of hydrogen-bond acceptors (Lipinski definition) is 8. The highest BCUT2D eigenvalue weighted by Crippen LogP contribution is 2.46. The summed E-state index contributed by atoms with van der Waals surface area (Å²) in [6.07, 6.45) is 5.77. The molecular weight excluding hydrogens is 478 g/mol. The lowest BCUT2D eigenvalue weighted by Gasteiger charge is -2.27. The van der Waals surface area contributed by atoms with Crippen molar-refractivity contribution < 1.29 is 33.6 Å². The average molecular weight is 506 g/mol. The molecule has 1 fully saturated rings. The van der Waals surface area contributed by atoms with Gasteiger partial charge in [-0.05, 0) is 30.7 Å². The molecule has 10 heteroatoms. The molecule has 2 aromatic carbocycles. The van der Waals surface area contributed by atoms with E-state index >= 15 is 0 Å². The lowest BCUT2D eigenvalue weighted by Crippen LogP contribution is -2.31. The summed E-state index contributed by atoms with van der Waals surface area (Å²) < 4.78 is 24.2. The van der Waals surface area contributed by atoms with Crippen LogP contribution < -0.4 is 18.9 Å². The Hall–Kier alpha value is -4.47. The summed E-state index contributed by atoms with van der Waals surface area (Å²) in [4.78, 5) is 32.2. The third kappa shape index (κ3) is 4.46. The fourth-order valence-electron chi connectivity index (χ4n) is 4.75. The van der Waals surface area contributed by atoms with E-state index in [-0.39, 0.29) is 17.9 Å². The van der Waals surface area contributed by atoms with E-state index in [4.69, 9.17) is 18.9 Å². The molecule has 1 saturated heterocycles. The average Bonchev–Trinajstić information content (AvgIpc) is 3.54. The van der Waals surface area contributed by atoms with Crippen LogP contribution in [0.5, 0.6) is 23.0 Å². The van der Waals surface area contributed by atoms with Crippen LogP contribution in [-0.2, 0) is 16.1 Å². The van der Waals surface area contributed by atoms with Crippen LogP contribution in [0.2, 0.25) is 0 Å². The topological polar surface area (TPSA) is 112 Å². The van der Waals surface area contributed by atoms with Crippen molar-refractivity contribution in [3.05, 3.63) is 71.8 Å². The molecule has 0 unspecified atom stereocenters. The second-order valence-corrected chi connectivity index (χ2v) is 8.59. The van der Waals surface area contributed by atoms with Gasteiger partial charge in [-0.1, -0.05) is 12.1 Å². The maximum Gasteiger partial charge on any atom is 0.295 e. The van der Waals surface area contributed by atoms with Crippen molar-refractivity contribution in [3.63, 3.8) is 0 Å². The second-order valence-electron chi connectivity index (χ2n) is 8.59. The van der Waals surface area contributed by atoms with Crippen molar-refractivity contribution in [3.8, 4) is 23.0 Å². The minimum atomic E-state index is -0.888. The van der Waals surface area contributed by atoms with Crippen molar-refractivity contribution in [1.29, 1.82) is 0 Å². The summed E-state index contributed by atoms with van der Waals surface area (Å²) in [6.45, 7) is 1.68. The number of aliphatic hydroxyl groups excluding tert-OH is 1. The third-order valence-electron chi connectivity index (χ3n) is 6.46. The van der Waals surface area contributed by atoms with Crippen LogP contribution in [0.15, 0.2) is 60.7 Å². The molecular formula is C27H27N3O7. The first kappa shape index (κ1) is 24.2. The molecule has 1 atom stereocenters. The highest BCUT2D eigenvalue weighted by molar-refractivity contribution is 6.46. The van der Waals surface area contributed by atoms with Gasteiger partial charge in [0.15, 0.2) is 23.0 Å². The Labute approximate surface area is 213 Å². The number of ether oxygens (including phenoxy) is 4. The largest absolute Gasteiger partial charge is 0.507 e. The van der Waals surface area contributed by atoms with E-state index < -0.39 is 17.7 Å². The van der Waals surface area contributed by atoms with Crippen LogP contribution in [0.1, 0.15) is 23.6 Å². The number of ketones is 1. The van der Waals surface area contributed by atoms with Gasteiger partial charge in [-0.25, -0.2) is 4.98 Å². The normalized spacial score (nSPS) is 18.2. The van der Waals surface area contributed by atoms with Crippen molar-refractivity contribution in [1.82, 2.24) is 14.5 Å². The van der Waals surface area contributed by atoms with E-state index in [2.05, 4.69) is 4.98 Å². The predicted molar refractivity (Wildman–Crippen MR) is 133 cm³/mol. The van der Waals surface area contributed by atoms with Gasteiger partial charge in [0.2, 0.25) is 0 Å². The van der Waals surface area contributed by atoms with Crippen LogP contribution in [0.25, 0.3) is 5.76 Å². The number of likely N-dealkylation sites (tertiary alicyclic amines) is 1. The van der Waals surface area contributed by atoms with Crippen LogP contribution in [0.3, 0.4) is 0 Å². The van der Waals surface area contributed by atoms with E-state index in [1.54, 1.807) is 48.9 Å². The molecule has 37 heavy (non-hydrogen) atoms. The number of aliphatic hydroxyl groups is 1. The number of para-hydroxylation sites is 1. The number of carbonyl (C=O) groups excluding carboxylic acids is 2. The van der Waals surface area contributed by atoms with Gasteiger partial charge >= 0.3 is 0 Å². The summed E-state index contributed by atoms with van der Waals surface area (Å²) in [5.74, 6) is 0.0638. The molecule has 10 nitrogen and oxygen atoms in total. The molecule has 5 rings (SSSR count). The molecule has 0 saturated carbocycles. The highest BCUT2D eigenvalue weighted by atomic mass is 16.6. The van der Waals surface area contributed by atoms with Crippen LogP contribution in [-0.4, -0.2) is 65.2 Å². The maximum absolute atomic E-state index is 13.4. The standard InChI is InChI=1S/C27H27N3O7/c1-34-20-6-3-5-18(26(20)35-2)23-22(24(31)17-7-8-19-21(15-17)37-14-13-36-19)25(32)27(33)30(23)11-4-10-29-12-9-28-16-29/h3,5-9,12,15-16,23,31H,4,10-11,13-14H2,1-2H3/b24-22+/t23-/m0/s1. The fraction of sp³-hybridized carbons (Fsp3) is 0.296. The molecule has 1 aromatic heterocycles. The number of aryl methyl sites for hydroxylation is 1. The number of rotatable bonds is 8. The first-order valence-electron chi connectivity index (χ1n) is 11.9. The number of carbonyl (C=O) groups is 2. The smallest absolute Gasteiger partial charge is 0.295 e. The number of methoxy groups -OCH3 is 2. The number of amides is 1. The Morgan fingerprint density at radius 2 is 1.89 bits per heavy atom. The number of hydrogen-bond donors (Lipinski definition) is 1. The van der Waals surface area contributed by atoms with Gasteiger partial charge < -0.3 is 33.5 Å².